The summed E-state index contributed by atoms with van der Waals surface area (Å²) in [4.78, 5) is 5.06. The summed E-state index contributed by atoms with van der Waals surface area (Å²) in [6, 6.07) is 0. The van der Waals surface area contributed by atoms with Crippen molar-refractivity contribution in [2.75, 3.05) is 27.8 Å². The molecule has 0 amide bonds. The number of rotatable bonds is 3. The molecule has 2 fully saturated rings. The van der Waals surface area contributed by atoms with Gasteiger partial charge in [-0.15, -0.1) is 0 Å². The molecule has 0 saturated carbocycles. The maximum absolute atomic E-state index is 5.53. The standard InChI is InChI=1S/C12H25NO.C11H23NO/c1-7-13-11(2,3)8-10(14-6)9-12(13,4)5;1-10(2)7-9(13-6)8-11(3,4)12(10)5/h10H,7-9H2,1-6H3;9H,7-8H2,1-6H3. The fraction of sp³-hybridized carbons (Fsp3) is 1.00. The molecule has 0 atom stereocenters. The second-order valence-electron chi connectivity index (χ2n) is 11.1. The zero-order chi connectivity index (χ0) is 21.3. The molecular weight excluding hydrogens is 336 g/mol. The van der Waals surface area contributed by atoms with Crippen LogP contribution in [0, 0.1) is 0 Å². The first kappa shape index (κ1) is 24.9. The van der Waals surface area contributed by atoms with Gasteiger partial charge in [-0.3, -0.25) is 9.80 Å². The normalized spacial score (nSPS) is 28.4. The van der Waals surface area contributed by atoms with Crippen LogP contribution in [0.4, 0.5) is 0 Å². The van der Waals surface area contributed by atoms with E-state index in [0.29, 0.717) is 12.2 Å². The van der Waals surface area contributed by atoms with E-state index in [0.717, 1.165) is 32.2 Å². The number of piperidine rings is 2. The van der Waals surface area contributed by atoms with Gasteiger partial charge < -0.3 is 9.47 Å². The van der Waals surface area contributed by atoms with E-state index in [4.69, 9.17) is 9.47 Å². The van der Waals surface area contributed by atoms with Crippen LogP contribution < -0.4 is 0 Å². The number of ether oxygens (including phenoxy) is 2. The van der Waals surface area contributed by atoms with Crippen molar-refractivity contribution < 1.29 is 9.47 Å². The van der Waals surface area contributed by atoms with Crippen molar-refractivity contribution in [3.8, 4) is 0 Å². The quantitative estimate of drug-likeness (QED) is 0.687. The zero-order valence-electron chi connectivity index (χ0n) is 20.4. The van der Waals surface area contributed by atoms with Crippen molar-refractivity contribution in [3.63, 3.8) is 0 Å². The summed E-state index contributed by atoms with van der Waals surface area (Å²) in [5, 5.41) is 0. The van der Waals surface area contributed by atoms with Gasteiger partial charge in [0.05, 0.1) is 12.2 Å². The van der Waals surface area contributed by atoms with E-state index in [1.54, 1.807) is 0 Å². The predicted octanol–water partition coefficient (Wildman–Crippen LogP) is 4.96. The van der Waals surface area contributed by atoms with Crippen molar-refractivity contribution in [1.82, 2.24) is 9.80 Å². The van der Waals surface area contributed by atoms with Gasteiger partial charge in [-0.2, -0.15) is 0 Å². The van der Waals surface area contributed by atoms with E-state index < -0.39 is 0 Å². The molecule has 2 aliphatic heterocycles. The molecule has 0 aromatic carbocycles. The highest BCUT2D eigenvalue weighted by atomic mass is 16.5. The van der Waals surface area contributed by atoms with Gasteiger partial charge in [0.15, 0.2) is 0 Å². The van der Waals surface area contributed by atoms with E-state index in [9.17, 15) is 0 Å². The summed E-state index contributed by atoms with van der Waals surface area (Å²) in [6.07, 6.45) is 5.37. The Morgan fingerprint density at radius 3 is 1.22 bits per heavy atom. The lowest BCUT2D eigenvalue weighted by molar-refractivity contribution is -0.0898. The summed E-state index contributed by atoms with van der Waals surface area (Å²) in [7, 11) is 5.87. The first-order valence-corrected chi connectivity index (χ1v) is 10.7. The predicted molar refractivity (Wildman–Crippen MR) is 117 cm³/mol. The molecule has 0 aromatic heterocycles. The molecule has 27 heavy (non-hydrogen) atoms. The molecule has 2 saturated heterocycles. The van der Waals surface area contributed by atoms with Gasteiger partial charge in [0.2, 0.25) is 0 Å². The lowest BCUT2D eigenvalue weighted by Gasteiger charge is -2.54. The van der Waals surface area contributed by atoms with Crippen molar-refractivity contribution >= 4 is 0 Å². The molecule has 2 aliphatic rings. The Morgan fingerprint density at radius 1 is 0.667 bits per heavy atom. The molecule has 0 spiro atoms. The van der Waals surface area contributed by atoms with Crippen LogP contribution in [0.25, 0.3) is 0 Å². The summed E-state index contributed by atoms with van der Waals surface area (Å²) in [5.74, 6) is 0. The average molecular weight is 385 g/mol. The second-order valence-corrected chi connectivity index (χ2v) is 11.1. The highest BCUT2D eigenvalue weighted by molar-refractivity contribution is 5.00. The summed E-state index contributed by atoms with van der Waals surface area (Å²) < 4.78 is 11.0. The van der Waals surface area contributed by atoms with Gasteiger partial charge in [0, 0.05) is 36.4 Å². The maximum Gasteiger partial charge on any atom is 0.0606 e. The third kappa shape index (κ3) is 5.91. The molecule has 4 nitrogen and oxygen atoms in total. The van der Waals surface area contributed by atoms with Gasteiger partial charge in [0.25, 0.3) is 0 Å². The summed E-state index contributed by atoms with van der Waals surface area (Å²) >= 11 is 0. The lowest BCUT2D eigenvalue weighted by atomic mass is 9.78. The number of methoxy groups -OCH3 is 2. The first-order valence-electron chi connectivity index (χ1n) is 10.7. The number of hydrogen-bond acceptors (Lipinski definition) is 4. The Morgan fingerprint density at radius 2 is 0.963 bits per heavy atom. The van der Waals surface area contributed by atoms with E-state index in [-0.39, 0.29) is 22.2 Å². The highest BCUT2D eigenvalue weighted by Crippen LogP contribution is 2.39. The second kappa shape index (κ2) is 8.69. The fourth-order valence-electron chi connectivity index (χ4n) is 5.70. The monoisotopic (exact) mass is 384 g/mol. The minimum atomic E-state index is 0.252. The molecule has 0 unspecified atom stereocenters. The molecule has 4 heteroatoms. The van der Waals surface area contributed by atoms with Gasteiger partial charge in [-0.05, 0) is 94.7 Å². The summed E-state index contributed by atoms with van der Waals surface area (Å²) in [5.41, 5.74) is 1.03. The Hall–Kier alpha value is -0.160. The van der Waals surface area contributed by atoms with Gasteiger partial charge in [-0.25, -0.2) is 0 Å². The number of nitrogens with zero attached hydrogens (tertiary/aromatic N) is 2. The smallest absolute Gasteiger partial charge is 0.0606 e. The van der Waals surface area contributed by atoms with E-state index in [1.807, 2.05) is 14.2 Å². The van der Waals surface area contributed by atoms with Crippen molar-refractivity contribution in [2.24, 2.45) is 0 Å². The van der Waals surface area contributed by atoms with Gasteiger partial charge >= 0.3 is 0 Å². The van der Waals surface area contributed by atoms with E-state index in [1.165, 1.54) is 0 Å². The topological polar surface area (TPSA) is 24.9 Å². The van der Waals surface area contributed by atoms with Crippen LogP contribution in [0.1, 0.15) is 88.0 Å². The van der Waals surface area contributed by atoms with Gasteiger partial charge in [0.1, 0.15) is 0 Å². The fourth-order valence-corrected chi connectivity index (χ4v) is 5.70. The number of hydrogen-bond donors (Lipinski definition) is 0. The van der Waals surface area contributed by atoms with E-state index in [2.05, 4.69) is 79.2 Å². The van der Waals surface area contributed by atoms with E-state index >= 15 is 0 Å². The lowest BCUT2D eigenvalue weighted by Crippen LogP contribution is -2.61. The third-order valence-electron chi connectivity index (χ3n) is 7.17. The van der Waals surface area contributed by atoms with Gasteiger partial charge in [-0.1, -0.05) is 6.92 Å². The molecule has 0 bridgehead atoms. The van der Waals surface area contributed by atoms with Crippen molar-refractivity contribution in [3.05, 3.63) is 0 Å². The highest BCUT2D eigenvalue weighted by Gasteiger charge is 2.44. The van der Waals surface area contributed by atoms with Crippen molar-refractivity contribution in [2.45, 2.75) is 122 Å². The Kier molecular flexibility index (Phi) is 8.00. The minimum absolute atomic E-state index is 0.252. The maximum atomic E-state index is 5.53. The van der Waals surface area contributed by atoms with Crippen LogP contribution in [-0.2, 0) is 9.47 Å². The molecular formula is C23H48N2O2. The molecule has 0 aromatic rings. The Balaban J connectivity index is 0.000000271. The Bertz CT molecular complexity index is 435. The average Bonchev–Trinajstić information content (AvgIpc) is 2.50. The molecule has 0 N–H and O–H groups in total. The minimum Gasteiger partial charge on any atom is -0.381 e. The van der Waals surface area contributed by atoms with Crippen LogP contribution in [0.15, 0.2) is 0 Å². The molecule has 2 heterocycles. The first-order chi connectivity index (χ1) is 12.1. The van der Waals surface area contributed by atoms with Crippen molar-refractivity contribution in [1.29, 1.82) is 0 Å². The van der Waals surface area contributed by atoms with Crippen LogP contribution in [-0.4, -0.2) is 72.0 Å². The Labute approximate surface area is 170 Å². The molecule has 2 rings (SSSR count). The van der Waals surface area contributed by atoms with Crippen LogP contribution in [0.2, 0.25) is 0 Å². The number of likely N-dealkylation sites (tertiary alicyclic amines) is 2. The molecule has 162 valence electrons. The summed E-state index contributed by atoms with van der Waals surface area (Å²) in [6.45, 7) is 21.8. The zero-order valence-corrected chi connectivity index (χ0v) is 20.4. The SMILES string of the molecule is CCN1C(C)(C)CC(OC)CC1(C)C.COC1CC(C)(C)N(C)C(C)(C)C1. The third-order valence-corrected chi connectivity index (χ3v) is 7.17. The van der Waals surface area contributed by atoms with Crippen LogP contribution >= 0.6 is 0 Å². The van der Waals surface area contributed by atoms with Crippen LogP contribution in [0.5, 0.6) is 0 Å². The molecule has 0 aliphatic carbocycles. The molecule has 0 radical (unpaired) electrons. The van der Waals surface area contributed by atoms with Crippen LogP contribution in [0.3, 0.4) is 0 Å². The largest absolute Gasteiger partial charge is 0.381 e.